The van der Waals surface area contributed by atoms with Crippen molar-refractivity contribution in [2.45, 2.75) is 45.8 Å². The maximum atomic E-state index is 6.05. The van der Waals surface area contributed by atoms with Crippen molar-refractivity contribution < 1.29 is 9.16 Å². The van der Waals surface area contributed by atoms with Crippen molar-refractivity contribution in [3.05, 3.63) is 29.8 Å². The van der Waals surface area contributed by atoms with Gasteiger partial charge in [0.15, 0.2) is 8.32 Å². The molecule has 1 rings (SSSR count). The lowest BCUT2D eigenvalue weighted by atomic mass is 10.2. The minimum Gasteiger partial charge on any atom is -0.491 e. The zero-order chi connectivity index (χ0) is 13.8. The van der Waals surface area contributed by atoms with Gasteiger partial charge in [-0.15, -0.1) is 0 Å². The van der Waals surface area contributed by atoms with Crippen LogP contribution in [0.5, 0.6) is 5.75 Å². The van der Waals surface area contributed by atoms with Crippen molar-refractivity contribution in [2.24, 2.45) is 0 Å². The predicted octanol–water partition coefficient (Wildman–Crippen LogP) is 4.40. The number of hydrogen-bond acceptors (Lipinski definition) is 2. The summed E-state index contributed by atoms with van der Waals surface area (Å²) >= 11 is 0. The van der Waals surface area contributed by atoms with Crippen molar-refractivity contribution in [1.82, 2.24) is 0 Å². The van der Waals surface area contributed by atoms with Crippen molar-refractivity contribution in [1.29, 1.82) is 0 Å². The van der Waals surface area contributed by atoms with Gasteiger partial charge in [-0.2, -0.15) is 0 Å². The van der Waals surface area contributed by atoms with E-state index in [4.69, 9.17) is 9.16 Å². The predicted molar refractivity (Wildman–Crippen MR) is 79.8 cm³/mol. The summed E-state index contributed by atoms with van der Waals surface area (Å²) in [4.78, 5) is 0. The van der Waals surface area contributed by atoms with Crippen molar-refractivity contribution in [2.75, 3.05) is 13.2 Å². The molecular formula is C15H26O2Si. The van der Waals surface area contributed by atoms with E-state index in [-0.39, 0.29) is 5.04 Å². The van der Waals surface area contributed by atoms with Crippen LogP contribution in [0.15, 0.2) is 24.3 Å². The first kappa shape index (κ1) is 15.3. The van der Waals surface area contributed by atoms with Crippen LogP contribution >= 0.6 is 0 Å². The first-order chi connectivity index (χ1) is 8.22. The van der Waals surface area contributed by atoms with Gasteiger partial charge in [-0.3, -0.25) is 0 Å². The van der Waals surface area contributed by atoms with Gasteiger partial charge in [0.2, 0.25) is 0 Å². The summed E-state index contributed by atoms with van der Waals surface area (Å²) in [7, 11) is -1.63. The topological polar surface area (TPSA) is 18.5 Å². The molecule has 0 radical (unpaired) electrons. The lowest BCUT2D eigenvalue weighted by Crippen LogP contribution is -2.41. The van der Waals surface area contributed by atoms with Gasteiger partial charge >= 0.3 is 0 Å². The van der Waals surface area contributed by atoms with Gasteiger partial charge in [-0.25, -0.2) is 0 Å². The van der Waals surface area contributed by atoms with Crippen LogP contribution in [-0.4, -0.2) is 21.5 Å². The van der Waals surface area contributed by atoms with Gasteiger partial charge < -0.3 is 9.16 Å². The standard InChI is InChI=1S/C15H26O2Si/c1-13-7-9-14(10-8-13)16-11-12-17-18(5,6)15(2,3)4/h7-10H,11-12H2,1-6H3. The Morgan fingerprint density at radius 2 is 1.56 bits per heavy atom. The van der Waals surface area contributed by atoms with E-state index in [0.29, 0.717) is 13.2 Å². The van der Waals surface area contributed by atoms with E-state index >= 15 is 0 Å². The average molecular weight is 266 g/mol. The molecule has 0 unspecified atom stereocenters. The molecule has 0 amide bonds. The summed E-state index contributed by atoms with van der Waals surface area (Å²) in [6.07, 6.45) is 0. The van der Waals surface area contributed by atoms with Crippen LogP contribution < -0.4 is 4.74 Å². The molecule has 3 heteroatoms. The summed E-state index contributed by atoms with van der Waals surface area (Å²) < 4.78 is 11.7. The third-order valence-electron chi connectivity index (χ3n) is 3.64. The smallest absolute Gasteiger partial charge is 0.192 e. The highest BCUT2D eigenvalue weighted by Gasteiger charge is 2.36. The second-order valence-corrected chi connectivity index (χ2v) is 11.1. The molecule has 0 saturated carbocycles. The molecule has 1 aromatic rings. The summed E-state index contributed by atoms with van der Waals surface area (Å²) in [6, 6.07) is 8.12. The SMILES string of the molecule is Cc1ccc(OCCO[Si](C)(C)C(C)(C)C)cc1. The molecule has 0 heterocycles. The highest BCUT2D eigenvalue weighted by atomic mass is 28.4. The van der Waals surface area contributed by atoms with E-state index in [1.807, 2.05) is 12.1 Å². The monoisotopic (exact) mass is 266 g/mol. The molecule has 0 fully saturated rings. The van der Waals surface area contributed by atoms with Gasteiger partial charge in [0, 0.05) is 0 Å². The number of ether oxygens (including phenoxy) is 1. The van der Waals surface area contributed by atoms with Crippen LogP contribution in [0.3, 0.4) is 0 Å². The Morgan fingerprint density at radius 1 is 1.00 bits per heavy atom. The second-order valence-electron chi connectivity index (χ2n) is 6.27. The van der Waals surface area contributed by atoms with Gasteiger partial charge in [0.25, 0.3) is 0 Å². The number of benzene rings is 1. The fourth-order valence-electron chi connectivity index (χ4n) is 1.31. The first-order valence-corrected chi connectivity index (χ1v) is 9.47. The van der Waals surface area contributed by atoms with E-state index in [9.17, 15) is 0 Å². The van der Waals surface area contributed by atoms with Gasteiger partial charge in [0.05, 0.1) is 6.61 Å². The molecule has 0 spiro atoms. The molecule has 0 atom stereocenters. The number of aryl methyl sites for hydroxylation is 1. The molecule has 2 nitrogen and oxygen atoms in total. The van der Waals surface area contributed by atoms with Gasteiger partial charge in [-0.05, 0) is 37.2 Å². The lowest BCUT2D eigenvalue weighted by Gasteiger charge is -2.36. The van der Waals surface area contributed by atoms with Crippen molar-refractivity contribution >= 4 is 8.32 Å². The Balaban J connectivity index is 2.33. The third-order valence-corrected chi connectivity index (χ3v) is 8.18. The maximum Gasteiger partial charge on any atom is 0.192 e. The molecule has 0 aliphatic heterocycles. The highest BCUT2D eigenvalue weighted by Crippen LogP contribution is 2.36. The molecule has 0 aliphatic carbocycles. The number of rotatable bonds is 5. The van der Waals surface area contributed by atoms with Crippen molar-refractivity contribution in [3.8, 4) is 5.75 Å². The Bertz CT molecular complexity index is 363. The van der Waals surface area contributed by atoms with Gasteiger partial charge in [0.1, 0.15) is 12.4 Å². The van der Waals surface area contributed by atoms with Crippen molar-refractivity contribution in [3.63, 3.8) is 0 Å². The summed E-state index contributed by atoms with van der Waals surface area (Å²) in [5.41, 5.74) is 1.25. The van der Waals surface area contributed by atoms with Crippen LogP contribution in [0.2, 0.25) is 18.1 Å². The zero-order valence-electron chi connectivity index (χ0n) is 12.5. The van der Waals surface area contributed by atoms with E-state index in [2.05, 4.69) is 52.9 Å². The minimum atomic E-state index is -1.63. The largest absolute Gasteiger partial charge is 0.491 e. The Kier molecular flexibility index (Phi) is 4.99. The molecule has 0 N–H and O–H groups in total. The fourth-order valence-corrected chi connectivity index (χ4v) is 2.33. The zero-order valence-corrected chi connectivity index (χ0v) is 13.5. The fraction of sp³-hybridized carbons (Fsp3) is 0.600. The Morgan fingerprint density at radius 3 is 2.06 bits per heavy atom. The van der Waals surface area contributed by atoms with Crippen LogP contribution in [0.4, 0.5) is 0 Å². The average Bonchev–Trinajstić information content (AvgIpc) is 2.25. The Labute approximate surface area is 112 Å². The molecule has 0 aliphatic rings. The number of hydrogen-bond donors (Lipinski definition) is 0. The molecule has 0 aromatic heterocycles. The summed E-state index contributed by atoms with van der Waals surface area (Å²) in [5.74, 6) is 0.916. The van der Waals surface area contributed by atoms with Crippen LogP contribution in [-0.2, 0) is 4.43 Å². The van der Waals surface area contributed by atoms with E-state index in [1.54, 1.807) is 0 Å². The second kappa shape index (κ2) is 5.89. The van der Waals surface area contributed by atoms with Crippen LogP contribution in [0, 0.1) is 6.92 Å². The van der Waals surface area contributed by atoms with E-state index < -0.39 is 8.32 Å². The van der Waals surface area contributed by atoms with Crippen LogP contribution in [0.1, 0.15) is 26.3 Å². The Hall–Kier alpha value is -0.803. The maximum absolute atomic E-state index is 6.05. The minimum absolute atomic E-state index is 0.261. The highest BCUT2D eigenvalue weighted by molar-refractivity contribution is 6.74. The first-order valence-electron chi connectivity index (χ1n) is 6.56. The quantitative estimate of drug-likeness (QED) is 0.581. The molecule has 1 aromatic carbocycles. The molecular weight excluding hydrogens is 240 g/mol. The third kappa shape index (κ3) is 4.46. The van der Waals surface area contributed by atoms with E-state index in [0.717, 1.165) is 5.75 Å². The molecule has 0 saturated heterocycles. The summed E-state index contributed by atoms with van der Waals surface area (Å²) in [6.45, 7) is 14.6. The normalized spacial score (nSPS) is 12.6. The van der Waals surface area contributed by atoms with E-state index in [1.165, 1.54) is 5.56 Å². The molecule has 0 bridgehead atoms. The lowest BCUT2D eigenvalue weighted by molar-refractivity contribution is 0.203. The van der Waals surface area contributed by atoms with Gasteiger partial charge in [-0.1, -0.05) is 38.5 Å². The molecule has 18 heavy (non-hydrogen) atoms. The molecule has 102 valence electrons. The summed E-state index contributed by atoms with van der Waals surface area (Å²) in [5, 5.41) is 0.261. The van der Waals surface area contributed by atoms with Crippen LogP contribution in [0.25, 0.3) is 0 Å².